The minimum Gasteiger partial charge on any atom is -0.493 e. The zero-order valence-corrected chi connectivity index (χ0v) is 19.0. The van der Waals surface area contributed by atoms with E-state index in [-0.39, 0.29) is 5.97 Å². The quantitative estimate of drug-likeness (QED) is 0.393. The van der Waals surface area contributed by atoms with E-state index in [4.69, 9.17) is 19.2 Å². The highest BCUT2D eigenvalue weighted by Crippen LogP contribution is 2.41. The van der Waals surface area contributed by atoms with E-state index in [1.54, 1.807) is 7.11 Å². The number of para-hydroxylation sites is 2. The molecular weight excluding hydrogens is 406 g/mol. The average molecular weight is 436 g/mol. The fraction of sp³-hybridized carbons (Fsp3) is 0.360. The third kappa shape index (κ3) is 3.90. The minimum atomic E-state index is -0.420. The van der Waals surface area contributed by atoms with Crippen LogP contribution in [0.2, 0.25) is 0 Å². The number of allylic oxidation sites excluding steroid dienone is 1. The predicted molar refractivity (Wildman–Crippen MR) is 124 cm³/mol. The molecule has 3 aromatic rings. The van der Waals surface area contributed by atoms with Gasteiger partial charge in [0.2, 0.25) is 5.95 Å². The molecule has 1 N–H and O–H groups in total. The Hall–Kier alpha value is -3.48. The molecule has 0 saturated carbocycles. The van der Waals surface area contributed by atoms with Gasteiger partial charge in [0.25, 0.3) is 0 Å². The summed E-state index contributed by atoms with van der Waals surface area (Å²) >= 11 is 0. The molecule has 168 valence electrons. The van der Waals surface area contributed by atoms with Crippen molar-refractivity contribution in [1.82, 2.24) is 9.55 Å². The molecule has 1 atom stereocenters. The number of hydrogen-bond acceptors (Lipinski definition) is 6. The Morgan fingerprint density at radius 1 is 1.16 bits per heavy atom. The Morgan fingerprint density at radius 2 is 1.97 bits per heavy atom. The summed E-state index contributed by atoms with van der Waals surface area (Å²) in [5.41, 5.74) is 3.93. The van der Waals surface area contributed by atoms with E-state index >= 15 is 0 Å². The topological polar surface area (TPSA) is 74.6 Å². The molecule has 0 radical (unpaired) electrons. The number of nitrogens with one attached hydrogen (secondary N) is 1. The number of imidazole rings is 1. The zero-order chi connectivity index (χ0) is 22.7. The number of unbranched alkanes of at least 4 members (excludes halogenated alkanes) is 1. The van der Waals surface area contributed by atoms with Crippen LogP contribution < -0.4 is 14.8 Å². The van der Waals surface area contributed by atoms with Crippen LogP contribution in [0.25, 0.3) is 11.0 Å². The molecule has 1 aliphatic heterocycles. The van der Waals surface area contributed by atoms with E-state index in [1.807, 2.05) is 60.9 Å². The van der Waals surface area contributed by atoms with Gasteiger partial charge >= 0.3 is 5.97 Å². The van der Waals surface area contributed by atoms with Crippen molar-refractivity contribution in [1.29, 1.82) is 0 Å². The lowest BCUT2D eigenvalue weighted by Gasteiger charge is -2.30. The summed E-state index contributed by atoms with van der Waals surface area (Å²) in [7, 11) is 1.62. The molecule has 1 aliphatic rings. The van der Waals surface area contributed by atoms with Crippen molar-refractivity contribution in [3.63, 3.8) is 0 Å². The van der Waals surface area contributed by atoms with Gasteiger partial charge in [0.15, 0.2) is 11.5 Å². The van der Waals surface area contributed by atoms with Crippen LogP contribution in [0.5, 0.6) is 11.5 Å². The number of nitrogens with zero attached hydrogens (tertiary/aromatic N) is 2. The summed E-state index contributed by atoms with van der Waals surface area (Å²) in [6, 6.07) is 13.3. The SMILES string of the molecule is CCCCOc1ccc([C@H]2C(C(=O)OCC)=C(C)Nc3nc4ccccc4n32)cc1OC. The molecule has 2 aromatic carbocycles. The van der Waals surface area contributed by atoms with Crippen molar-refractivity contribution in [2.75, 3.05) is 25.6 Å². The van der Waals surface area contributed by atoms with Crippen LogP contribution in [0.3, 0.4) is 0 Å². The van der Waals surface area contributed by atoms with Crippen LogP contribution in [-0.4, -0.2) is 35.8 Å². The molecule has 0 spiro atoms. The van der Waals surface area contributed by atoms with Crippen molar-refractivity contribution < 1.29 is 19.0 Å². The van der Waals surface area contributed by atoms with Crippen LogP contribution in [0.1, 0.15) is 45.2 Å². The second kappa shape index (κ2) is 9.34. The summed E-state index contributed by atoms with van der Waals surface area (Å²) in [5, 5.41) is 3.29. The molecule has 0 fully saturated rings. The lowest BCUT2D eigenvalue weighted by atomic mass is 9.94. The number of anilines is 1. The van der Waals surface area contributed by atoms with Crippen molar-refractivity contribution in [2.45, 2.75) is 39.7 Å². The standard InChI is InChI=1S/C25H29N3O4/c1-5-7-14-32-20-13-12-17(15-21(20)30-4)23-22(24(29)31-6-2)16(3)26-25-27-18-10-8-9-11-19(18)28(23)25/h8-13,15,23H,5-7,14H2,1-4H3,(H,26,27)/t23-/m0/s1. The van der Waals surface area contributed by atoms with E-state index < -0.39 is 6.04 Å². The van der Waals surface area contributed by atoms with Gasteiger partial charge in [-0.3, -0.25) is 4.57 Å². The van der Waals surface area contributed by atoms with Crippen LogP contribution >= 0.6 is 0 Å². The first kappa shape index (κ1) is 21.7. The second-order valence-electron chi connectivity index (χ2n) is 7.69. The molecule has 1 aromatic heterocycles. The van der Waals surface area contributed by atoms with Crippen LogP contribution in [0, 0.1) is 0 Å². The number of benzene rings is 2. The largest absolute Gasteiger partial charge is 0.493 e. The maximum atomic E-state index is 13.0. The summed E-state index contributed by atoms with van der Waals surface area (Å²) in [5.74, 6) is 1.65. The van der Waals surface area contributed by atoms with Gasteiger partial charge < -0.3 is 19.5 Å². The Bertz CT molecular complexity index is 1170. The number of hydrogen-bond donors (Lipinski definition) is 1. The Kier molecular flexibility index (Phi) is 6.35. The fourth-order valence-corrected chi connectivity index (χ4v) is 4.05. The molecule has 0 amide bonds. The van der Waals surface area contributed by atoms with E-state index in [2.05, 4.69) is 12.2 Å². The molecular formula is C25H29N3O4. The zero-order valence-electron chi connectivity index (χ0n) is 19.0. The summed E-state index contributed by atoms with van der Waals surface area (Å²) in [4.78, 5) is 17.8. The molecule has 32 heavy (non-hydrogen) atoms. The van der Waals surface area contributed by atoms with Gasteiger partial charge in [0.05, 0.1) is 43.0 Å². The van der Waals surface area contributed by atoms with E-state index in [9.17, 15) is 4.79 Å². The monoisotopic (exact) mass is 435 g/mol. The number of fused-ring (bicyclic) bond motifs is 3. The Labute approximate surface area is 188 Å². The highest BCUT2D eigenvalue weighted by atomic mass is 16.5. The van der Waals surface area contributed by atoms with E-state index in [0.717, 1.165) is 35.1 Å². The van der Waals surface area contributed by atoms with Crippen molar-refractivity contribution in [2.24, 2.45) is 0 Å². The van der Waals surface area contributed by atoms with Crippen molar-refractivity contribution in [3.05, 3.63) is 59.3 Å². The van der Waals surface area contributed by atoms with Gasteiger partial charge in [0, 0.05) is 5.70 Å². The molecule has 7 heteroatoms. The second-order valence-corrected chi connectivity index (χ2v) is 7.69. The molecule has 0 saturated heterocycles. The number of esters is 1. The first-order valence-corrected chi connectivity index (χ1v) is 11.0. The van der Waals surface area contributed by atoms with Crippen LogP contribution in [0.4, 0.5) is 5.95 Å². The normalized spacial score (nSPS) is 15.3. The molecule has 4 rings (SSSR count). The summed E-state index contributed by atoms with van der Waals surface area (Å²) in [6.45, 7) is 6.74. The number of aromatic nitrogens is 2. The number of ether oxygens (including phenoxy) is 3. The highest BCUT2D eigenvalue weighted by molar-refractivity contribution is 5.94. The molecule has 7 nitrogen and oxygen atoms in total. The number of carbonyl (C=O) groups is 1. The lowest BCUT2D eigenvalue weighted by Crippen LogP contribution is -2.29. The first-order chi connectivity index (χ1) is 15.6. The number of rotatable bonds is 8. The molecule has 0 bridgehead atoms. The van der Waals surface area contributed by atoms with Crippen molar-refractivity contribution in [3.8, 4) is 11.5 Å². The van der Waals surface area contributed by atoms with Gasteiger partial charge in [-0.15, -0.1) is 0 Å². The summed E-state index contributed by atoms with van der Waals surface area (Å²) in [6.07, 6.45) is 2.03. The minimum absolute atomic E-state index is 0.299. The maximum absolute atomic E-state index is 13.0. The predicted octanol–water partition coefficient (Wildman–Crippen LogP) is 5.08. The van der Waals surface area contributed by atoms with Gasteiger partial charge in [-0.25, -0.2) is 9.78 Å². The molecule has 2 heterocycles. The van der Waals surface area contributed by atoms with Gasteiger partial charge in [-0.05, 0) is 50.1 Å². The number of methoxy groups -OCH3 is 1. The Morgan fingerprint density at radius 3 is 2.72 bits per heavy atom. The van der Waals surface area contributed by atoms with E-state index in [1.165, 1.54) is 0 Å². The average Bonchev–Trinajstić information content (AvgIpc) is 3.16. The first-order valence-electron chi connectivity index (χ1n) is 11.0. The fourth-order valence-electron chi connectivity index (χ4n) is 4.05. The van der Waals surface area contributed by atoms with Gasteiger partial charge in [-0.1, -0.05) is 31.5 Å². The maximum Gasteiger partial charge on any atom is 0.338 e. The molecule has 0 aliphatic carbocycles. The van der Waals surface area contributed by atoms with Crippen molar-refractivity contribution >= 4 is 23.0 Å². The van der Waals surface area contributed by atoms with E-state index in [0.29, 0.717) is 36.2 Å². The van der Waals surface area contributed by atoms with Gasteiger partial charge in [-0.2, -0.15) is 0 Å². The van der Waals surface area contributed by atoms with Gasteiger partial charge in [0.1, 0.15) is 0 Å². The molecule has 0 unspecified atom stereocenters. The number of carbonyl (C=O) groups excluding carboxylic acids is 1. The highest BCUT2D eigenvalue weighted by Gasteiger charge is 2.35. The third-order valence-corrected chi connectivity index (χ3v) is 5.58. The Balaban J connectivity index is 1.86. The van der Waals surface area contributed by atoms with Crippen LogP contribution in [0.15, 0.2) is 53.7 Å². The summed E-state index contributed by atoms with van der Waals surface area (Å²) < 4.78 is 19.0. The third-order valence-electron chi connectivity index (χ3n) is 5.58. The lowest BCUT2D eigenvalue weighted by molar-refractivity contribution is -0.139. The smallest absolute Gasteiger partial charge is 0.338 e. The van der Waals surface area contributed by atoms with Crippen LogP contribution in [-0.2, 0) is 9.53 Å².